The van der Waals surface area contributed by atoms with Crippen molar-refractivity contribution in [3.05, 3.63) is 5.82 Å². The van der Waals surface area contributed by atoms with Crippen LogP contribution in [0, 0.1) is 30.1 Å². The van der Waals surface area contributed by atoms with Crippen molar-refractivity contribution in [3.8, 4) is 0 Å². The molecule has 0 aromatic carbocycles. The summed E-state index contributed by atoms with van der Waals surface area (Å²) in [4.78, 5) is 16.8. The van der Waals surface area contributed by atoms with Crippen LogP contribution in [0.25, 0.3) is 0 Å². The lowest BCUT2D eigenvalue weighted by atomic mass is 9.49. The summed E-state index contributed by atoms with van der Waals surface area (Å²) < 4.78 is 0. The van der Waals surface area contributed by atoms with Gasteiger partial charge in [-0.05, 0) is 63.2 Å². The molecule has 2 N–H and O–H groups in total. The number of anilines is 1. The fourth-order valence-corrected chi connectivity index (χ4v) is 5.02. The van der Waals surface area contributed by atoms with Crippen molar-refractivity contribution < 1.29 is 4.79 Å². The molecule has 4 bridgehead atoms. The van der Waals surface area contributed by atoms with Gasteiger partial charge in [-0.25, -0.2) is 0 Å². The Labute approximate surface area is 112 Å². The minimum absolute atomic E-state index is 0.122. The maximum Gasteiger partial charge on any atom is 0.248 e. The second kappa shape index (κ2) is 3.81. The lowest BCUT2D eigenvalue weighted by molar-refractivity contribution is -0.140. The first-order valence-corrected chi connectivity index (χ1v) is 7.33. The molecule has 1 aromatic rings. The Kier molecular flexibility index (Phi) is 2.29. The zero-order chi connectivity index (χ0) is 13.0. The summed E-state index contributed by atoms with van der Waals surface area (Å²) in [7, 11) is 0. The highest BCUT2D eigenvalue weighted by Gasteiger charge is 2.54. The predicted molar refractivity (Wildman–Crippen MR) is 70.4 cm³/mol. The third-order valence-corrected chi connectivity index (χ3v) is 5.34. The number of H-pyrrole nitrogens is 1. The normalized spacial score (nSPS) is 39.5. The van der Waals surface area contributed by atoms with Gasteiger partial charge in [0, 0.05) is 0 Å². The van der Waals surface area contributed by atoms with E-state index in [9.17, 15) is 4.79 Å². The number of nitrogens with zero attached hydrogens (tertiary/aromatic N) is 2. The molecular weight excluding hydrogens is 240 g/mol. The molecule has 0 aliphatic heterocycles. The third-order valence-electron chi connectivity index (χ3n) is 5.34. The van der Waals surface area contributed by atoms with Crippen molar-refractivity contribution >= 4 is 11.9 Å². The van der Waals surface area contributed by atoms with E-state index >= 15 is 0 Å². The number of carbonyl (C=O) groups is 1. The Morgan fingerprint density at radius 1 is 1.21 bits per heavy atom. The number of amides is 1. The van der Waals surface area contributed by atoms with Crippen molar-refractivity contribution in [1.29, 1.82) is 0 Å². The monoisotopic (exact) mass is 260 g/mol. The molecule has 4 fully saturated rings. The quantitative estimate of drug-likeness (QED) is 0.857. The van der Waals surface area contributed by atoms with Gasteiger partial charge in [0.15, 0.2) is 0 Å². The molecule has 4 aliphatic rings. The summed E-state index contributed by atoms with van der Waals surface area (Å²) in [6, 6.07) is 0. The number of carbonyl (C=O) groups excluding carboxylic acids is 1. The number of aromatic nitrogens is 3. The van der Waals surface area contributed by atoms with Crippen LogP contribution in [0.1, 0.15) is 44.3 Å². The summed E-state index contributed by atoms with van der Waals surface area (Å²) in [6.45, 7) is 1.84. The molecule has 5 rings (SSSR count). The molecule has 1 aromatic heterocycles. The van der Waals surface area contributed by atoms with Crippen molar-refractivity contribution in [1.82, 2.24) is 15.2 Å². The molecule has 4 saturated carbocycles. The number of rotatable bonds is 2. The summed E-state index contributed by atoms with van der Waals surface area (Å²) in [5, 5.41) is 9.71. The molecule has 0 saturated heterocycles. The number of aromatic amines is 1. The van der Waals surface area contributed by atoms with Crippen LogP contribution in [0.15, 0.2) is 0 Å². The molecule has 5 nitrogen and oxygen atoms in total. The van der Waals surface area contributed by atoms with Crippen molar-refractivity contribution in [2.24, 2.45) is 23.2 Å². The molecule has 0 unspecified atom stereocenters. The van der Waals surface area contributed by atoms with Gasteiger partial charge in [0.1, 0.15) is 5.82 Å². The number of hydrogen-bond acceptors (Lipinski definition) is 3. The first-order valence-electron chi connectivity index (χ1n) is 7.33. The van der Waals surface area contributed by atoms with Gasteiger partial charge in [0.05, 0.1) is 5.41 Å². The third kappa shape index (κ3) is 1.78. The van der Waals surface area contributed by atoms with Crippen LogP contribution in [0.5, 0.6) is 0 Å². The molecule has 0 radical (unpaired) electrons. The summed E-state index contributed by atoms with van der Waals surface area (Å²) in [5.74, 6) is 3.67. The van der Waals surface area contributed by atoms with E-state index < -0.39 is 0 Å². The van der Waals surface area contributed by atoms with E-state index in [0.717, 1.165) is 42.8 Å². The average Bonchev–Trinajstić information content (AvgIpc) is 2.73. The SMILES string of the molecule is Cc1nc(NC(=O)C23CC4CC(CC(C4)C2)C3)n[nH]1. The summed E-state index contributed by atoms with van der Waals surface area (Å²) in [5.41, 5.74) is -0.122. The van der Waals surface area contributed by atoms with Gasteiger partial charge in [-0.3, -0.25) is 15.2 Å². The maximum absolute atomic E-state index is 12.7. The summed E-state index contributed by atoms with van der Waals surface area (Å²) >= 11 is 0. The van der Waals surface area contributed by atoms with Crippen LogP contribution in [0.3, 0.4) is 0 Å². The Morgan fingerprint density at radius 2 is 1.79 bits per heavy atom. The van der Waals surface area contributed by atoms with E-state index in [1.165, 1.54) is 19.3 Å². The number of nitrogens with one attached hydrogen (secondary N) is 2. The van der Waals surface area contributed by atoms with Gasteiger partial charge in [-0.15, -0.1) is 5.10 Å². The Hall–Kier alpha value is -1.39. The lowest BCUT2D eigenvalue weighted by Crippen LogP contribution is -2.51. The highest BCUT2D eigenvalue weighted by molar-refractivity contribution is 5.94. The van der Waals surface area contributed by atoms with E-state index in [2.05, 4.69) is 20.5 Å². The topological polar surface area (TPSA) is 70.7 Å². The van der Waals surface area contributed by atoms with Gasteiger partial charge in [-0.2, -0.15) is 4.98 Å². The van der Waals surface area contributed by atoms with Gasteiger partial charge < -0.3 is 0 Å². The molecule has 19 heavy (non-hydrogen) atoms. The zero-order valence-corrected chi connectivity index (χ0v) is 11.3. The molecule has 4 aliphatic carbocycles. The van der Waals surface area contributed by atoms with Crippen molar-refractivity contribution in [3.63, 3.8) is 0 Å². The van der Waals surface area contributed by atoms with Gasteiger partial charge in [-0.1, -0.05) is 0 Å². The molecule has 1 heterocycles. The Balaban J connectivity index is 1.56. The van der Waals surface area contributed by atoms with Crippen LogP contribution in [0.2, 0.25) is 0 Å². The first-order chi connectivity index (χ1) is 9.13. The van der Waals surface area contributed by atoms with Crippen molar-refractivity contribution in [2.45, 2.75) is 45.4 Å². The standard InChI is InChI=1S/C14H20N4O/c1-8-15-13(18-17-8)16-12(19)14-5-9-2-10(6-14)4-11(3-9)7-14/h9-11H,2-7H2,1H3,(H2,15,16,17,18,19). The largest absolute Gasteiger partial charge is 0.293 e. The molecule has 1 amide bonds. The van der Waals surface area contributed by atoms with Crippen LogP contribution < -0.4 is 5.32 Å². The molecular formula is C14H20N4O. The minimum atomic E-state index is -0.122. The highest BCUT2D eigenvalue weighted by atomic mass is 16.2. The Bertz CT molecular complexity index is 486. The van der Waals surface area contributed by atoms with E-state index in [1.807, 2.05) is 6.92 Å². The molecule has 0 spiro atoms. The number of hydrogen-bond donors (Lipinski definition) is 2. The zero-order valence-electron chi connectivity index (χ0n) is 11.3. The predicted octanol–water partition coefficient (Wildman–Crippen LogP) is 2.27. The first kappa shape index (κ1) is 11.4. The minimum Gasteiger partial charge on any atom is -0.293 e. The average molecular weight is 260 g/mol. The fraction of sp³-hybridized carbons (Fsp3) is 0.786. The van der Waals surface area contributed by atoms with Crippen LogP contribution in [-0.2, 0) is 4.79 Å². The van der Waals surface area contributed by atoms with Gasteiger partial charge >= 0.3 is 0 Å². The van der Waals surface area contributed by atoms with E-state index in [0.29, 0.717) is 5.95 Å². The van der Waals surface area contributed by atoms with Gasteiger partial charge in [0.2, 0.25) is 11.9 Å². The van der Waals surface area contributed by atoms with Crippen LogP contribution >= 0.6 is 0 Å². The van der Waals surface area contributed by atoms with Crippen molar-refractivity contribution in [2.75, 3.05) is 5.32 Å². The van der Waals surface area contributed by atoms with Gasteiger partial charge in [0.25, 0.3) is 0 Å². The van der Waals surface area contributed by atoms with Crippen LogP contribution in [0.4, 0.5) is 5.95 Å². The van der Waals surface area contributed by atoms with E-state index in [1.54, 1.807) is 0 Å². The maximum atomic E-state index is 12.7. The number of aryl methyl sites for hydroxylation is 1. The van der Waals surface area contributed by atoms with Crippen LogP contribution in [-0.4, -0.2) is 21.1 Å². The molecule has 0 atom stereocenters. The Morgan fingerprint density at radius 3 is 2.26 bits per heavy atom. The summed E-state index contributed by atoms with van der Waals surface area (Å²) in [6.07, 6.45) is 7.29. The smallest absolute Gasteiger partial charge is 0.248 e. The van der Waals surface area contributed by atoms with E-state index in [-0.39, 0.29) is 11.3 Å². The second-order valence-electron chi connectivity index (χ2n) is 6.90. The lowest BCUT2D eigenvalue weighted by Gasteiger charge is -2.55. The fourth-order valence-electron chi connectivity index (χ4n) is 5.02. The van der Waals surface area contributed by atoms with E-state index in [4.69, 9.17) is 0 Å². The molecule has 5 heteroatoms. The molecule has 102 valence electrons. The highest BCUT2D eigenvalue weighted by Crippen LogP contribution is 2.60. The second-order valence-corrected chi connectivity index (χ2v) is 6.90.